The van der Waals surface area contributed by atoms with E-state index in [1.54, 1.807) is 24.3 Å². The summed E-state index contributed by atoms with van der Waals surface area (Å²) in [5.41, 5.74) is 7.57. The van der Waals surface area contributed by atoms with Crippen LogP contribution in [-0.2, 0) is 0 Å². The zero-order chi connectivity index (χ0) is 12.3. The standard InChI is InChI=1S/C13H11IN2O/c14-10-7-5-9(6-8-10)13(17)16-12-4-2-1-3-11(12)15/h1-8H,15H2,(H,16,17). The van der Waals surface area contributed by atoms with Crippen LogP contribution in [0.3, 0.4) is 0 Å². The Morgan fingerprint density at radius 3 is 2.35 bits per heavy atom. The van der Waals surface area contributed by atoms with Crippen LogP contribution < -0.4 is 11.1 Å². The Balaban J connectivity index is 2.17. The van der Waals surface area contributed by atoms with Crippen LogP contribution in [0.1, 0.15) is 10.4 Å². The summed E-state index contributed by atoms with van der Waals surface area (Å²) in [6.07, 6.45) is 0. The lowest BCUT2D eigenvalue weighted by atomic mass is 10.2. The second-order valence-electron chi connectivity index (χ2n) is 3.55. The Hall–Kier alpha value is -1.56. The van der Waals surface area contributed by atoms with Gasteiger partial charge in [-0.3, -0.25) is 4.79 Å². The molecule has 2 rings (SSSR count). The summed E-state index contributed by atoms with van der Waals surface area (Å²) in [4.78, 5) is 11.9. The third-order valence-corrected chi connectivity index (χ3v) is 3.03. The van der Waals surface area contributed by atoms with E-state index < -0.39 is 0 Å². The fraction of sp³-hybridized carbons (Fsp3) is 0. The molecule has 0 saturated carbocycles. The van der Waals surface area contributed by atoms with Crippen molar-refractivity contribution in [2.75, 3.05) is 11.1 Å². The van der Waals surface area contributed by atoms with Crippen molar-refractivity contribution in [2.45, 2.75) is 0 Å². The molecule has 0 fully saturated rings. The molecule has 86 valence electrons. The van der Waals surface area contributed by atoms with Crippen LogP contribution in [0.4, 0.5) is 11.4 Å². The van der Waals surface area contributed by atoms with E-state index in [2.05, 4.69) is 27.9 Å². The first-order valence-electron chi connectivity index (χ1n) is 5.08. The zero-order valence-electron chi connectivity index (χ0n) is 8.98. The highest BCUT2D eigenvalue weighted by Crippen LogP contribution is 2.18. The molecule has 0 spiro atoms. The zero-order valence-corrected chi connectivity index (χ0v) is 11.1. The molecule has 4 heteroatoms. The Labute approximate surface area is 113 Å². The molecule has 0 unspecified atom stereocenters. The molecule has 0 aliphatic carbocycles. The molecule has 0 saturated heterocycles. The molecule has 0 aliphatic heterocycles. The lowest BCUT2D eigenvalue weighted by Crippen LogP contribution is -2.12. The number of nitrogens with one attached hydrogen (secondary N) is 1. The Morgan fingerprint density at radius 1 is 1.06 bits per heavy atom. The van der Waals surface area contributed by atoms with Gasteiger partial charge in [-0.2, -0.15) is 0 Å². The normalized spacial score (nSPS) is 9.94. The third-order valence-electron chi connectivity index (χ3n) is 2.32. The van der Waals surface area contributed by atoms with Gasteiger partial charge < -0.3 is 11.1 Å². The second-order valence-corrected chi connectivity index (χ2v) is 4.79. The van der Waals surface area contributed by atoms with Gasteiger partial charge in [0.05, 0.1) is 11.4 Å². The molecule has 17 heavy (non-hydrogen) atoms. The van der Waals surface area contributed by atoms with Crippen LogP contribution in [0.2, 0.25) is 0 Å². The molecular weight excluding hydrogens is 327 g/mol. The summed E-state index contributed by atoms with van der Waals surface area (Å²) in [6.45, 7) is 0. The summed E-state index contributed by atoms with van der Waals surface area (Å²) >= 11 is 2.20. The summed E-state index contributed by atoms with van der Waals surface area (Å²) in [7, 11) is 0. The highest BCUT2D eigenvalue weighted by Gasteiger charge is 2.06. The monoisotopic (exact) mass is 338 g/mol. The van der Waals surface area contributed by atoms with Crippen molar-refractivity contribution in [1.82, 2.24) is 0 Å². The van der Waals surface area contributed by atoms with Crippen molar-refractivity contribution < 1.29 is 4.79 Å². The number of anilines is 2. The predicted molar refractivity (Wildman–Crippen MR) is 78.0 cm³/mol. The number of carbonyl (C=O) groups excluding carboxylic acids is 1. The highest BCUT2D eigenvalue weighted by atomic mass is 127. The lowest BCUT2D eigenvalue weighted by Gasteiger charge is -2.07. The maximum Gasteiger partial charge on any atom is 0.255 e. The van der Waals surface area contributed by atoms with Gasteiger partial charge in [0.1, 0.15) is 0 Å². The van der Waals surface area contributed by atoms with Crippen LogP contribution in [-0.4, -0.2) is 5.91 Å². The topological polar surface area (TPSA) is 55.1 Å². The van der Waals surface area contributed by atoms with Gasteiger partial charge in [-0.15, -0.1) is 0 Å². The van der Waals surface area contributed by atoms with Gasteiger partial charge in [0.25, 0.3) is 5.91 Å². The molecule has 0 aromatic heterocycles. The molecule has 0 bridgehead atoms. The van der Waals surface area contributed by atoms with Crippen molar-refractivity contribution >= 4 is 39.9 Å². The molecule has 0 radical (unpaired) electrons. The van der Waals surface area contributed by atoms with Gasteiger partial charge in [-0.25, -0.2) is 0 Å². The number of rotatable bonds is 2. The fourth-order valence-electron chi connectivity index (χ4n) is 1.41. The van der Waals surface area contributed by atoms with E-state index in [4.69, 9.17) is 5.73 Å². The second kappa shape index (κ2) is 5.18. The van der Waals surface area contributed by atoms with Crippen LogP contribution in [0.25, 0.3) is 0 Å². The van der Waals surface area contributed by atoms with Gasteiger partial charge >= 0.3 is 0 Å². The van der Waals surface area contributed by atoms with Crippen molar-refractivity contribution in [1.29, 1.82) is 0 Å². The maximum absolute atomic E-state index is 11.9. The number of nitrogen functional groups attached to an aromatic ring is 1. The number of benzene rings is 2. The van der Waals surface area contributed by atoms with E-state index >= 15 is 0 Å². The smallest absolute Gasteiger partial charge is 0.255 e. The van der Waals surface area contributed by atoms with Crippen LogP contribution in [0.5, 0.6) is 0 Å². The van der Waals surface area contributed by atoms with Gasteiger partial charge in [0.15, 0.2) is 0 Å². The van der Waals surface area contributed by atoms with Crippen LogP contribution in [0, 0.1) is 3.57 Å². The highest BCUT2D eigenvalue weighted by molar-refractivity contribution is 14.1. The van der Waals surface area contributed by atoms with E-state index in [0.29, 0.717) is 16.9 Å². The van der Waals surface area contributed by atoms with Crippen LogP contribution >= 0.6 is 22.6 Å². The number of hydrogen-bond acceptors (Lipinski definition) is 2. The Bertz CT molecular complexity index is 537. The number of amides is 1. The molecule has 2 aromatic carbocycles. The summed E-state index contributed by atoms with van der Waals surface area (Å²) in [5, 5.41) is 2.78. The molecule has 0 heterocycles. The Kier molecular flexibility index (Phi) is 3.63. The first-order chi connectivity index (χ1) is 8.16. The SMILES string of the molecule is Nc1ccccc1NC(=O)c1ccc(I)cc1. The first-order valence-corrected chi connectivity index (χ1v) is 6.16. The van der Waals surface area contributed by atoms with Crippen molar-refractivity contribution in [2.24, 2.45) is 0 Å². The van der Waals surface area contributed by atoms with Crippen molar-refractivity contribution in [3.05, 3.63) is 57.7 Å². The minimum absolute atomic E-state index is 0.153. The summed E-state index contributed by atoms with van der Waals surface area (Å²) < 4.78 is 1.10. The number of hydrogen-bond donors (Lipinski definition) is 2. The summed E-state index contributed by atoms with van der Waals surface area (Å²) in [6, 6.07) is 14.6. The van der Waals surface area contributed by atoms with E-state index in [0.717, 1.165) is 3.57 Å². The number of carbonyl (C=O) groups is 1. The average Bonchev–Trinajstić information content (AvgIpc) is 2.33. The van der Waals surface area contributed by atoms with Crippen LogP contribution in [0.15, 0.2) is 48.5 Å². The quantitative estimate of drug-likeness (QED) is 0.653. The van der Waals surface area contributed by atoms with E-state index in [1.165, 1.54) is 0 Å². The number of para-hydroxylation sites is 2. The largest absolute Gasteiger partial charge is 0.397 e. The Morgan fingerprint density at radius 2 is 1.71 bits per heavy atom. The number of halogens is 1. The molecule has 2 aromatic rings. The van der Waals surface area contributed by atoms with Crippen molar-refractivity contribution in [3.63, 3.8) is 0 Å². The van der Waals surface area contributed by atoms with E-state index in [9.17, 15) is 4.79 Å². The molecule has 0 atom stereocenters. The fourth-order valence-corrected chi connectivity index (χ4v) is 1.77. The molecule has 1 amide bonds. The first kappa shape index (κ1) is 11.9. The minimum Gasteiger partial charge on any atom is -0.397 e. The number of nitrogens with two attached hydrogens (primary N) is 1. The average molecular weight is 338 g/mol. The third kappa shape index (κ3) is 2.97. The molecule has 3 N–H and O–H groups in total. The van der Waals surface area contributed by atoms with Crippen molar-refractivity contribution in [3.8, 4) is 0 Å². The molecule has 0 aliphatic rings. The minimum atomic E-state index is -0.153. The van der Waals surface area contributed by atoms with Gasteiger partial charge in [-0.1, -0.05) is 12.1 Å². The lowest BCUT2D eigenvalue weighted by molar-refractivity contribution is 0.102. The molecule has 3 nitrogen and oxygen atoms in total. The maximum atomic E-state index is 11.9. The van der Waals surface area contributed by atoms with Gasteiger partial charge in [0.2, 0.25) is 0 Å². The predicted octanol–water partition coefficient (Wildman–Crippen LogP) is 3.13. The van der Waals surface area contributed by atoms with Gasteiger partial charge in [-0.05, 0) is 59.0 Å². The van der Waals surface area contributed by atoms with Gasteiger partial charge in [0, 0.05) is 9.13 Å². The van der Waals surface area contributed by atoms with E-state index in [-0.39, 0.29) is 5.91 Å². The summed E-state index contributed by atoms with van der Waals surface area (Å²) in [5.74, 6) is -0.153. The molecular formula is C13H11IN2O. The van der Waals surface area contributed by atoms with E-state index in [1.807, 2.05) is 24.3 Å².